The molecule has 0 aliphatic rings. The number of rotatable bonds is 8. The Morgan fingerprint density at radius 3 is 2.38 bits per heavy atom. The van der Waals surface area contributed by atoms with Crippen LogP contribution in [-0.2, 0) is 0 Å². The first-order valence-corrected chi connectivity index (χ1v) is 5.58. The van der Waals surface area contributed by atoms with E-state index in [0.29, 0.717) is 6.04 Å². The molecule has 0 saturated carbocycles. The van der Waals surface area contributed by atoms with Crippen molar-refractivity contribution in [1.82, 2.24) is 5.32 Å². The van der Waals surface area contributed by atoms with Gasteiger partial charge < -0.3 is 5.32 Å². The number of allylic oxidation sites excluding steroid dienone is 1. The van der Waals surface area contributed by atoms with Crippen LogP contribution in [0.15, 0.2) is 12.7 Å². The van der Waals surface area contributed by atoms with Crippen LogP contribution >= 0.6 is 0 Å². The molecule has 0 bridgehead atoms. The summed E-state index contributed by atoms with van der Waals surface area (Å²) in [5, 5.41) is 3.41. The van der Waals surface area contributed by atoms with Crippen molar-refractivity contribution in [2.24, 2.45) is 5.92 Å². The minimum atomic E-state index is 0.694. The first kappa shape index (κ1) is 12.7. The predicted octanol–water partition coefficient (Wildman–Crippen LogP) is 3.37. The molecule has 0 fully saturated rings. The molecule has 0 aliphatic heterocycles. The van der Waals surface area contributed by atoms with E-state index in [9.17, 15) is 0 Å². The van der Waals surface area contributed by atoms with E-state index in [1.165, 1.54) is 25.7 Å². The molecule has 13 heavy (non-hydrogen) atoms. The van der Waals surface area contributed by atoms with Crippen molar-refractivity contribution in [2.75, 3.05) is 7.05 Å². The van der Waals surface area contributed by atoms with Crippen molar-refractivity contribution >= 4 is 0 Å². The molecule has 2 unspecified atom stereocenters. The molecule has 0 saturated heterocycles. The molecular weight excluding hydrogens is 158 g/mol. The molecule has 78 valence electrons. The van der Waals surface area contributed by atoms with E-state index in [1.807, 2.05) is 6.08 Å². The first-order valence-electron chi connectivity index (χ1n) is 5.58. The van der Waals surface area contributed by atoms with Crippen molar-refractivity contribution < 1.29 is 0 Å². The Morgan fingerprint density at radius 2 is 2.00 bits per heavy atom. The first-order chi connectivity index (χ1) is 6.29. The fourth-order valence-electron chi connectivity index (χ4n) is 2.02. The standard InChI is InChI=1S/C12H25N/c1-5-8-10-11(9-6-2)12(7-3)13-4/h5,11-13H,1,6-10H2,2-4H3. The third-order valence-corrected chi connectivity index (χ3v) is 2.78. The van der Waals surface area contributed by atoms with Gasteiger partial charge in [0.05, 0.1) is 0 Å². The van der Waals surface area contributed by atoms with Crippen molar-refractivity contribution in [1.29, 1.82) is 0 Å². The van der Waals surface area contributed by atoms with E-state index in [-0.39, 0.29) is 0 Å². The van der Waals surface area contributed by atoms with Crippen LogP contribution in [0.4, 0.5) is 0 Å². The van der Waals surface area contributed by atoms with Gasteiger partial charge in [-0.3, -0.25) is 0 Å². The molecule has 0 rings (SSSR count). The smallest absolute Gasteiger partial charge is 0.00898 e. The van der Waals surface area contributed by atoms with E-state index in [2.05, 4.69) is 32.8 Å². The van der Waals surface area contributed by atoms with Crippen molar-refractivity contribution in [3.63, 3.8) is 0 Å². The van der Waals surface area contributed by atoms with Gasteiger partial charge in [-0.15, -0.1) is 6.58 Å². The molecule has 0 radical (unpaired) electrons. The molecule has 1 nitrogen and oxygen atoms in total. The van der Waals surface area contributed by atoms with Gasteiger partial charge >= 0.3 is 0 Å². The zero-order valence-corrected chi connectivity index (χ0v) is 9.47. The van der Waals surface area contributed by atoms with Gasteiger partial charge in [-0.25, -0.2) is 0 Å². The zero-order valence-electron chi connectivity index (χ0n) is 9.47. The minimum absolute atomic E-state index is 0.694. The monoisotopic (exact) mass is 183 g/mol. The van der Waals surface area contributed by atoms with Crippen molar-refractivity contribution in [3.8, 4) is 0 Å². The molecular formula is C12H25N. The quantitative estimate of drug-likeness (QED) is 0.569. The highest BCUT2D eigenvalue weighted by atomic mass is 14.9. The average Bonchev–Trinajstić information content (AvgIpc) is 2.16. The SMILES string of the molecule is C=CCCC(CCC)C(CC)NC. The second-order valence-electron chi connectivity index (χ2n) is 3.72. The van der Waals surface area contributed by atoms with E-state index < -0.39 is 0 Å². The van der Waals surface area contributed by atoms with E-state index in [4.69, 9.17) is 0 Å². The molecule has 0 aromatic heterocycles. The summed E-state index contributed by atoms with van der Waals surface area (Å²) in [5.41, 5.74) is 0. The summed E-state index contributed by atoms with van der Waals surface area (Å²) in [6, 6.07) is 0.694. The third-order valence-electron chi connectivity index (χ3n) is 2.78. The molecule has 0 aromatic rings. The largest absolute Gasteiger partial charge is 0.317 e. The lowest BCUT2D eigenvalue weighted by Gasteiger charge is -2.25. The Bertz CT molecular complexity index is 116. The van der Waals surface area contributed by atoms with Crippen molar-refractivity contribution in [2.45, 2.75) is 52.0 Å². The number of nitrogens with one attached hydrogen (secondary N) is 1. The van der Waals surface area contributed by atoms with Gasteiger partial charge in [-0.05, 0) is 38.6 Å². The predicted molar refractivity (Wildman–Crippen MR) is 61.0 cm³/mol. The maximum absolute atomic E-state index is 3.78. The summed E-state index contributed by atoms with van der Waals surface area (Å²) < 4.78 is 0. The van der Waals surface area contributed by atoms with Crippen LogP contribution < -0.4 is 5.32 Å². The van der Waals surface area contributed by atoms with E-state index >= 15 is 0 Å². The summed E-state index contributed by atoms with van der Waals surface area (Å²) >= 11 is 0. The zero-order chi connectivity index (χ0) is 10.1. The Hall–Kier alpha value is -0.300. The lowest BCUT2D eigenvalue weighted by Crippen LogP contribution is -2.32. The van der Waals surface area contributed by atoms with Crippen molar-refractivity contribution in [3.05, 3.63) is 12.7 Å². The highest BCUT2D eigenvalue weighted by molar-refractivity contribution is 4.77. The van der Waals surface area contributed by atoms with Crippen LogP contribution in [-0.4, -0.2) is 13.1 Å². The highest BCUT2D eigenvalue weighted by Crippen LogP contribution is 2.19. The third kappa shape index (κ3) is 5.09. The lowest BCUT2D eigenvalue weighted by molar-refractivity contribution is 0.322. The maximum atomic E-state index is 3.78. The van der Waals surface area contributed by atoms with Crippen LogP contribution in [0.2, 0.25) is 0 Å². The van der Waals surface area contributed by atoms with E-state index in [1.54, 1.807) is 0 Å². The van der Waals surface area contributed by atoms with Gasteiger partial charge in [0.25, 0.3) is 0 Å². The Balaban J connectivity index is 3.94. The lowest BCUT2D eigenvalue weighted by atomic mass is 9.89. The second-order valence-corrected chi connectivity index (χ2v) is 3.72. The average molecular weight is 183 g/mol. The highest BCUT2D eigenvalue weighted by Gasteiger charge is 2.16. The molecule has 0 amide bonds. The second kappa shape index (κ2) is 8.31. The molecule has 1 heteroatoms. The molecule has 2 atom stereocenters. The van der Waals surface area contributed by atoms with E-state index in [0.717, 1.165) is 12.3 Å². The molecule has 0 spiro atoms. The topological polar surface area (TPSA) is 12.0 Å². The normalized spacial score (nSPS) is 15.3. The van der Waals surface area contributed by atoms with Gasteiger partial charge in [0.15, 0.2) is 0 Å². The Morgan fingerprint density at radius 1 is 1.31 bits per heavy atom. The summed E-state index contributed by atoms with van der Waals surface area (Å²) in [7, 11) is 2.07. The summed E-state index contributed by atoms with van der Waals surface area (Å²) in [6.07, 6.45) is 8.34. The van der Waals surface area contributed by atoms with Crippen LogP contribution in [0.25, 0.3) is 0 Å². The van der Waals surface area contributed by atoms with Gasteiger partial charge in [0, 0.05) is 6.04 Å². The summed E-state index contributed by atoms with van der Waals surface area (Å²) in [5.74, 6) is 0.831. The van der Waals surface area contributed by atoms with Gasteiger partial charge in [0.1, 0.15) is 0 Å². The molecule has 0 aromatic carbocycles. The summed E-state index contributed by atoms with van der Waals surface area (Å²) in [4.78, 5) is 0. The van der Waals surface area contributed by atoms with Gasteiger partial charge in [0.2, 0.25) is 0 Å². The molecule has 0 aliphatic carbocycles. The van der Waals surface area contributed by atoms with Crippen LogP contribution in [0.5, 0.6) is 0 Å². The number of hydrogen-bond donors (Lipinski definition) is 1. The van der Waals surface area contributed by atoms with Crippen LogP contribution in [0.1, 0.15) is 46.0 Å². The van der Waals surface area contributed by atoms with Gasteiger partial charge in [-0.2, -0.15) is 0 Å². The molecule has 0 heterocycles. The minimum Gasteiger partial charge on any atom is -0.317 e. The van der Waals surface area contributed by atoms with Crippen LogP contribution in [0.3, 0.4) is 0 Å². The maximum Gasteiger partial charge on any atom is 0.00898 e. The fraction of sp³-hybridized carbons (Fsp3) is 0.833. The van der Waals surface area contributed by atoms with Gasteiger partial charge in [-0.1, -0.05) is 26.3 Å². The fourth-order valence-corrected chi connectivity index (χ4v) is 2.02. The molecule has 1 N–H and O–H groups in total. The Kier molecular flexibility index (Phi) is 8.11. The Labute approximate surface area is 83.6 Å². The number of hydrogen-bond acceptors (Lipinski definition) is 1. The van der Waals surface area contributed by atoms with Crippen LogP contribution in [0, 0.1) is 5.92 Å². The summed E-state index contributed by atoms with van der Waals surface area (Å²) in [6.45, 7) is 8.31.